The molecule has 1 aromatic carbocycles. The van der Waals surface area contributed by atoms with Gasteiger partial charge in [0.1, 0.15) is 5.65 Å². The normalized spacial score (nSPS) is 11.1. The van der Waals surface area contributed by atoms with Crippen LogP contribution in [0.25, 0.3) is 33.8 Å². The summed E-state index contributed by atoms with van der Waals surface area (Å²) in [6.07, 6.45) is 9.20. The Balaban J connectivity index is 1.87. The maximum absolute atomic E-state index is 9.26. The number of nitrogen functional groups attached to an aromatic ring is 1. The molecule has 0 spiro atoms. The molecule has 0 saturated carbocycles. The number of fused-ring (bicyclic) bond motifs is 2. The first-order valence-electron chi connectivity index (χ1n) is 8.31. The zero-order valence-corrected chi connectivity index (χ0v) is 14.1. The number of nitriles is 1. The Bertz CT molecular complexity index is 1350. The molecule has 0 aliphatic heterocycles. The van der Waals surface area contributed by atoms with Crippen LogP contribution in [0.15, 0.2) is 67.4 Å². The van der Waals surface area contributed by atoms with Crippen molar-refractivity contribution in [3.8, 4) is 28.6 Å². The molecule has 0 bridgehead atoms. The molecule has 7 heteroatoms. The maximum Gasteiger partial charge on any atom is 0.180 e. The van der Waals surface area contributed by atoms with E-state index in [4.69, 9.17) is 5.73 Å². The molecule has 0 fully saturated rings. The Hall–Kier alpha value is -4.18. The average molecular weight is 351 g/mol. The Morgan fingerprint density at radius 3 is 2.78 bits per heavy atom. The largest absolute Gasteiger partial charge is 0.381 e. The van der Waals surface area contributed by atoms with Gasteiger partial charge in [-0.05, 0) is 24.3 Å². The van der Waals surface area contributed by atoms with Gasteiger partial charge < -0.3 is 10.1 Å². The summed E-state index contributed by atoms with van der Waals surface area (Å²) in [7, 11) is 0. The summed E-state index contributed by atoms with van der Waals surface area (Å²) in [5.74, 6) is 0.338. The van der Waals surface area contributed by atoms with Crippen molar-refractivity contribution in [1.29, 1.82) is 5.26 Å². The molecule has 5 rings (SSSR count). The number of benzene rings is 1. The first-order valence-corrected chi connectivity index (χ1v) is 8.31. The van der Waals surface area contributed by atoms with E-state index in [-0.39, 0.29) is 0 Å². The number of aromatic nitrogens is 5. The minimum Gasteiger partial charge on any atom is -0.381 e. The molecule has 4 aromatic heterocycles. The molecule has 0 amide bonds. The van der Waals surface area contributed by atoms with E-state index in [1.54, 1.807) is 18.5 Å². The summed E-state index contributed by atoms with van der Waals surface area (Å²) >= 11 is 0. The van der Waals surface area contributed by atoms with Crippen molar-refractivity contribution in [3.05, 3.63) is 72.9 Å². The quantitative estimate of drug-likeness (QED) is 0.527. The van der Waals surface area contributed by atoms with Gasteiger partial charge in [-0.25, -0.2) is 15.0 Å². The third-order valence-corrected chi connectivity index (χ3v) is 4.49. The summed E-state index contributed by atoms with van der Waals surface area (Å²) in [6.45, 7) is 0. The van der Waals surface area contributed by atoms with Gasteiger partial charge in [-0.1, -0.05) is 12.1 Å². The van der Waals surface area contributed by atoms with Crippen LogP contribution in [0.3, 0.4) is 0 Å². The second-order valence-electron chi connectivity index (χ2n) is 6.12. The SMILES string of the molecule is N#Cc1cccc(-c2nc(N)c3nccn3c2-c2ccc3nccn3c2)c1. The highest BCUT2D eigenvalue weighted by atomic mass is 15.1. The third-order valence-electron chi connectivity index (χ3n) is 4.49. The Morgan fingerprint density at radius 2 is 1.89 bits per heavy atom. The van der Waals surface area contributed by atoms with Crippen molar-refractivity contribution in [2.75, 3.05) is 5.73 Å². The highest BCUT2D eigenvalue weighted by Crippen LogP contribution is 2.33. The van der Waals surface area contributed by atoms with Gasteiger partial charge in [-0.15, -0.1) is 0 Å². The van der Waals surface area contributed by atoms with E-state index in [1.165, 1.54) is 0 Å². The summed E-state index contributed by atoms with van der Waals surface area (Å²) < 4.78 is 3.87. The van der Waals surface area contributed by atoms with E-state index in [9.17, 15) is 5.26 Å². The van der Waals surface area contributed by atoms with Gasteiger partial charge in [0.05, 0.1) is 23.0 Å². The first kappa shape index (κ1) is 15.1. The third kappa shape index (κ3) is 2.32. The highest BCUT2D eigenvalue weighted by Gasteiger charge is 2.17. The van der Waals surface area contributed by atoms with Crippen molar-refractivity contribution in [1.82, 2.24) is 23.8 Å². The molecule has 0 unspecified atom stereocenters. The number of anilines is 1. The standard InChI is InChI=1S/C20H13N7/c21-11-13-2-1-3-14(10-13)17-18(27-9-7-24-20(27)19(22)25-17)15-4-5-16-23-6-8-26(16)12-15/h1-10,12H,(H2,22,25). The predicted octanol–water partition coefficient (Wildman–Crippen LogP) is 3.16. The van der Waals surface area contributed by atoms with E-state index in [0.29, 0.717) is 22.7 Å². The monoisotopic (exact) mass is 351 g/mol. The number of imidazole rings is 2. The molecule has 0 radical (unpaired) electrons. The van der Waals surface area contributed by atoms with Gasteiger partial charge >= 0.3 is 0 Å². The molecule has 2 N–H and O–H groups in total. The minimum absolute atomic E-state index is 0.338. The Labute approximate surface area is 154 Å². The summed E-state index contributed by atoms with van der Waals surface area (Å²) in [4.78, 5) is 13.2. The van der Waals surface area contributed by atoms with Crippen LogP contribution in [0.4, 0.5) is 5.82 Å². The topological polar surface area (TPSA) is 97.3 Å². The molecular formula is C20H13N7. The number of pyridine rings is 1. The van der Waals surface area contributed by atoms with Crippen LogP contribution < -0.4 is 5.73 Å². The highest BCUT2D eigenvalue weighted by molar-refractivity contribution is 5.83. The van der Waals surface area contributed by atoms with E-state index in [1.807, 2.05) is 57.7 Å². The van der Waals surface area contributed by atoms with Gasteiger partial charge in [0.25, 0.3) is 0 Å². The van der Waals surface area contributed by atoms with Gasteiger partial charge in [0.2, 0.25) is 0 Å². The number of nitrogens with two attached hydrogens (primary N) is 1. The van der Waals surface area contributed by atoms with E-state index in [2.05, 4.69) is 21.0 Å². The fourth-order valence-corrected chi connectivity index (χ4v) is 3.28. The fraction of sp³-hybridized carbons (Fsp3) is 0. The number of nitrogens with zero attached hydrogens (tertiary/aromatic N) is 6. The molecule has 0 saturated heterocycles. The first-order chi connectivity index (χ1) is 13.2. The summed E-state index contributed by atoms with van der Waals surface area (Å²) in [6, 6.07) is 13.4. The number of hydrogen-bond donors (Lipinski definition) is 1. The van der Waals surface area contributed by atoms with Crippen LogP contribution in [0.1, 0.15) is 5.56 Å². The number of hydrogen-bond acceptors (Lipinski definition) is 5. The van der Waals surface area contributed by atoms with Crippen LogP contribution in [-0.2, 0) is 0 Å². The van der Waals surface area contributed by atoms with Crippen molar-refractivity contribution < 1.29 is 0 Å². The molecule has 0 aliphatic rings. The van der Waals surface area contributed by atoms with E-state index < -0.39 is 0 Å². The lowest BCUT2D eigenvalue weighted by Crippen LogP contribution is -2.04. The molecule has 7 nitrogen and oxygen atoms in total. The molecule has 5 aromatic rings. The van der Waals surface area contributed by atoms with Crippen LogP contribution >= 0.6 is 0 Å². The average Bonchev–Trinajstić information content (AvgIpc) is 3.37. The molecule has 0 aliphatic carbocycles. The second-order valence-corrected chi connectivity index (χ2v) is 6.12. The smallest absolute Gasteiger partial charge is 0.180 e. The zero-order valence-electron chi connectivity index (χ0n) is 14.1. The summed E-state index contributed by atoms with van der Waals surface area (Å²) in [5.41, 5.74) is 11.5. The lowest BCUT2D eigenvalue weighted by molar-refractivity contribution is 1.12. The van der Waals surface area contributed by atoms with Crippen LogP contribution in [0.2, 0.25) is 0 Å². The van der Waals surface area contributed by atoms with Gasteiger partial charge in [0.15, 0.2) is 11.5 Å². The Morgan fingerprint density at radius 1 is 1.00 bits per heavy atom. The van der Waals surface area contributed by atoms with Crippen molar-refractivity contribution >= 4 is 17.1 Å². The van der Waals surface area contributed by atoms with Crippen molar-refractivity contribution in [3.63, 3.8) is 0 Å². The lowest BCUT2D eigenvalue weighted by atomic mass is 10.0. The molecular weight excluding hydrogens is 338 g/mol. The van der Waals surface area contributed by atoms with Crippen LogP contribution in [0, 0.1) is 11.3 Å². The maximum atomic E-state index is 9.26. The van der Waals surface area contributed by atoms with E-state index >= 15 is 0 Å². The Kier molecular flexibility index (Phi) is 3.18. The zero-order chi connectivity index (χ0) is 18.4. The van der Waals surface area contributed by atoms with E-state index in [0.717, 1.165) is 22.5 Å². The van der Waals surface area contributed by atoms with Crippen molar-refractivity contribution in [2.45, 2.75) is 0 Å². The molecule has 27 heavy (non-hydrogen) atoms. The molecule has 0 atom stereocenters. The van der Waals surface area contributed by atoms with Gasteiger partial charge in [-0.3, -0.25) is 4.40 Å². The second kappa shape index (κ2) is 5.68. The van der Waals surface area contributed by atoms with Crippen LogP contribution in [0.5, 0.6) is 0 Å². The van der Waals surface area contributed by atoms with Crippen LogP contribution in [-0.4, -0.2) is 23.8 Å². The van der Waals surface area contributed by atoms with Gasteiger partial charge in [-0.2, -0.15) is 5.26 Å². The predicted molar refractivity (Wildman–Crippen MR) is 102 cm³/mol. The summed E-state index contributed by atoms with van der Waals surface area (Å²) in [5, 5.41) is 9.26. The number of rotatable bonds is 2. The lowest BCUT2D eigenvalue weighted by Gasteiger charge is -2.14. The fourth-order valence-electron chi connectivity index (χ4n) is 3.28. The van der Waals surface area contributed by atoms with Crippen molar-refractivity contribution in [2.24, 2.45) is 0 Å². The minimum atomic E-state index is 0.338. The van der Waals surface area contributed by atoms with Gasteiger partial charge in [0, 0.05) is 42.1 Å². The molecule has 4 heterocycles. The molecule has 128 valence electrons.